The lowest BCUT2D eigenvalue weighted by molar-refractivity contribution is -0.134. The third-order valence-electron chi connectivity index (χ3n) is 4.59. The van der Waals surface area contributed by atoms with E-state index in [1.165, 1.54) is 24.8 Å². The fraction of sp³-hybridized carbons (Fsp3) is 0.500. The molecule has 1 aromatic rings. The van der Waals surface area contributed by atoms with E-state index in [1.54, 1.807) is 0 Å². The average molecular weight is 347 g/mol. The number of piperidine rings is 1. The molecule has 0 amide bonds. The van der Waals surface area contributed by atoms with Gasteiger partial charge in [-0.2, -0.15) is 0 Å². The molecule has 1 heterocycles. The minimum Gasteiger partial charge on any atom is -0.478 e. The number of likely N-dealkylation sites (tertiary alicyclic amines) is 1. The van der Waals surface area contributed by atoms with E-state index in [2.05, 4.69) is 62.9 Å². The van der Waals surface area contributed by atoms with Crippen molar-refractivity contribution in [2.75, 3.05) is 0 Å². The molecule has 0 aliphatic carbocycles. The van der Waals surface area contributed by atoms with Gasteiger partial charge >= 0.3 is 11.9 Å². The Labute approximate surface area is 150 Å². The lowest BCUT2D eigenvalue weighted by Crippen LogP contribution is -2.57. The Morgan fingerprint density at radius 2 is 1.40 bits per heavy atom. The number of carboxylic acid groups (broad SMARTS) is 2. The Morgan fingerprint density at radius 1 is 0.960 bits per heavy atom. The van der Waals surface area contributed by atoms with Gasteiger partial charge in [0.05, 0.1) is 0 Å². The summed E-state index contributed by atoms with van der Waals surface area (Å²) in [6.45, 7) is 10.6. The highest BCUT2D eigenvalue weighted by Gasteiger charge is 2.40. The molecular weight excluding hydrogens is 318 g/mol. The predicted molar refractivity (Wildman–Crippen MR) is 98.4 cm³/mol. The first kappa shape index (κ1) is 20.9. The van der Waals surface area contributed by atoms with Gasteiger partial charge in [0, 0.05) is 29.8 Å². The van der Waals surface area contributed by atoms with E-state index < -0.39 is 11.9 Å². The van der Waals surface area contributed by atoms with E-state index in [-0.39, 0.29) is 0 Å². The van der Waals surface area contributed by atoms with Crippen LogP contribution in [0.1, 0.15) is 52.5 Å². The molecule has 1 aromatic carbocycles. The van der Waals surface area contributed by atoms with Gasteiger partial charge in [-0.1, -0.05) is 30.3 Å². The van der Waals surface area contributed by atoms with Gasteiger partial charge in [0.2, 0.25) is 0 Å². The SMILES string of the molecule is CC1(C)CCCC(C)(C)N1Cc1ccccc1.O=C(O)/C=C\C(=O)O. The fourth-order valence-corrected chi connectivity index (χ4v) is 3.38. The molecule has 1 fully saturated rings. The third-order valence-corrected chi connectivity index (χ3v) is 4.59. The molecule has 0 spiro atoms. The third kappa shape index (κ3) is 7.10. The van der Waals surface area contributed by atoms with Crippen LogP contribution in [0.4, 0.5) is 0 Å². The number of aliphatic carboxylic acids is 2. The number of nitrogens with zero attached hydrogens (tertiary/aromatic N) is 1. The van der Waals surface area contributed by atoms with Crippen molar-refractivity contribution in [3.63, 3.8) is 0 Å². The smallest absolute Gasteiger partial charge is 0.328 e. The van der Waals surface area contributed by atoms with Gasteiger partial charge in [-0.15, -0.1) is 0 Å². The fourth-order valence-electron chi connectivity index (χ4n) is 3.38. The van der Waals surface area contributed by atoms with Crippen LogP contribution >= 0.6 is 0 Å². The van der Waals surface area contributed by atoms with Gasteiger partial charge in [0.25, 0.3) is 0 Å². The molecule has 2 rings (SSSR count). The van der Waals surface area contributed by atoms with E-state index in [4.69, 9.17) is 10.2 Å². The highest BCUT2D eigenvalue weighted by atomic mass is 16.4. The van der Waals surface area contributed by atoms with Crippen LogP contribution in [0.15, 0.2) is 42.5 Å². The summed E-state index contributed by atoms with van der Waals surface area (Å²) in [6.07, 6.45) is 5.09. The molecular formula is C20H29NO4. The highest BCUT2D eigenvalue weighted by molar-refractivity contribution is 5.89. The van der Waals surface area contributed by atoms with E-state index in [0.717, 1.165) is 6.54 Å². The van der Waals surface area contributed by atoms with E-state index in [1.807, 2.05) is 0 Å². The molecule has 0 radical (unpaired) electrons. The molecule has 1 aliphatic heterocycles. The minimum absolute atomic E-state index is 0.317. The van der Waals surface area contributed by atoms with Crippen LogP contribution in [-0.4, -0.2) is 38.1 Å². The Kier molecular flexibility index (Phi) is 7.37. The van der Waals surface area contributed by atoms with Crippen molar-refractivity contribution in [1.82, 2.24) is 4.90 Å². The number of hydrogen-bond donors (Lipinski definition) is 2. The minimum atomic E-state index is -1.26. The summed E-state index contributed by atoms with van der Waals surface area (Å²) in [6, 6.07) is 10.8. The molecule has 2 N–H and O–H groups in total. The Morgan fingerprint density at radius 3 is 1.80 bits per heavy atom. The molecule has 25 heavy (non-hydrogen) atoms. The zero-order valence-corrected chi connectivity index (χ0v) is 15.5. The second-order valence-electron chi connectivity index (χ2n) is 7.56. The number of carbonyl (C=O) groups is 2. The number of hydrogen-bond acceptors (Lipinski definition) is 3. The zero-order chi connectivity index (χ0) is 19.1. The normalized spacial score (nSPS) is 19.0. The van der Waals surface area contributed by atoms with Crippen molar-refractivity contribution < 1.29 is 19.8 Å². The van der Waals surface area contributed by atoms with Crippen LogP contribution in [0.2, 0.25) is 0 Å². The first-order valence-electron chi connectivity index (χ1n) is 8.50. The molecule has 0 saturated carbocycles. The second-order valence-corrected chi connectivity index (χ2v) is 7.56. The Bertz CT molecular complexity index is 573. The van der Waals surface area contributed by atoms with E-state index in [0.29, 0.717) is 23.2 Å². The Hall–Kier alpha value is -2.14. The van der Waals surface area contributed by atoms with Crippen LogP contribution in [0.5, 0.6) is 0 Å². The summed E-state index contributed by atoms with van der Waals surface area (Å²) in [5.41, 5.74) is 2.06. The zero-order valence-electron chi connectivity index (χ0n) is 15.5. The second kappa shape index (κ2) is 8.81. The van der Waals surface area contributed by atoms with Gasteiger partial charge in [0.15, 0.2) is 0 Å². The van der Waals surface area contributed by atoms with Crippen molar-refractivity contribution in [3.05, 3.63) is 48.0 Å². The summed E-state index contributed by atoms with van der Waals surface area (Å²) >= 11 is 0. The maximum absolute atomic E-state index is 9.55. The van der Waals surface area contributed by atoms with E-state index in [9.17, 15) is 9.59 Å². The number of rotatable bonds is 4. The number of benzene rings is 1. The molecule has 1 aliphatic rings. The van der Waals surface area contributed by atoms with Crippen molar-refractivity contribution in [2.24, 2.45) is 0 Å². The summed E-state index contributed by atoms with van der Waals surface area (Å²) in [5, 5.41) is 15.6. The van der Waals surface area contributed by atoms with Gasteiger partial charge in [-0.05, 0) is 52.5 Å². The lowest BCUT2D eigenvalue weighted by Gasteiger charge is -2.53. The van der Waals surface area contributed by atoms with Crippen molar-refractivity contribution in [3.8, 4) is 0 Å². The summed E-state index contributed by atoms with van der Waals surface area (Å²) < 4.78 is 0. The van der Waals surface area contributed by atoms with Gasteiger partial charge in [-0.25, -0.2) is 9.59 Å². The molecule has 0 aromatic heterocycles. The molecule has 0 bridgehead atoms. The first-order chi connectivity index (χ1) is 11.5. The molecule has 5 nitrogen and oxygen atoms in total. The van der Waals surface area contributed by atoms with Gasteiger partial charge in [-0.3, -0.25) is 4.90 Å². The molecule has 0 atom stereocenters. The molecule has 5 heteroatoms. The van der Waals surface area contributed by atoms with Crippen LogP contribution in [-0.2, 0) is 16.1 Å². The van der Waals surface area contributed by atoms with Crippen LogP contribution in [0.25, 0.3) is 0 Å². The van der Waals surface area contributed by atoms with Crippen molar-refractivity contribution in [2.45, 2.75) is 64.6 Å². The predicted octanol–water partition coefficient (Wildman–Crippen LogP) is 3.94. The van der Waals surface area contributed by atoms with Gasteiger partial charge in [0.1, 0.15) is 0 Å². The quantitative estimate of drug-likeness (QED) is 0.807. The topological polar surface area (TPSA) is 77.8 Å². The van der Waals surface area contributed by atoms with Gasteiger partial charge < -0.3 is 10.2 Å². The molecule has 1 saturated heterocycles. The monoisotopic (exact) mass is 347 g/mol. The van der Waals surface area contributed by atoms with Crippen LogP contribution < -0.4 is 0 Å². The number of carboxylic acids is 2. The van der Waals surface area contributed by atoms with Crippen molar-refractivity contribution >= 4 is 11.9 Å². The molecule has 138 valence electrons. The van der Waals surface area contributed by atoms with Crippen molar-refractivity contribution in [1.29, 1.82) is 0 Å². The summed E-state index contributed by atoms with van der Waals surface area (Å²) in [7, 11) is 0. The van der Waals surface area contributed by atoms with E-state index >= 15 is 0 Å². The highest BCUT2D eigenvalue weighted by Crippen LogP contribution is 2.39. The maximum Gasteiger partial charge on any atom is 0.328 e. The standard InChI is InChI=1S/C16H25N.C4H4O4/c1-15(2)11-8-12-16(3,4)17(15)13-14-9-6-5-7-10-14;5-3(6)1-2-4(7)8/h5-7,9-10H,8,11-13H2,1-4H3;1-2H,(H,5,6)(H,7,8)/b;2-1-. The molecule has 0 unspecified atom stereocenters. The average Bonchev–Trinajstić information content (AvgIpc) is 2.50. The Balaban J connectivity index is 0.000000333. The maximum atomic E-state index is 9.55. The summed E-state index contributed by atoms with van der Waals surface area (Å²) in [5.74, 6) is -2.51. The largest absolute Gasteiger partial charge is 0.478 e. The lowest BCUT2D eigenvalue weighted by atomic mass is 9.79. The first-order valence-corrected chi connectivity index (χ1v) is 8.50. The van der Waals surface area contributed by atoms with Crippen LogP contribution in [0, 0.1) is 0 Å². The summed E-state index contributed by atoms with van der Waals surface area (Å²) in [4.78, 5) is 21.8. The van der Waals surface area contributed by atoms with Crippen LogP contribution in [0.3, 0.4) is 0 Å².